The summed E-state index contributed by atoms with van der Waals surface area (Å²) in [5, 5.41) is 12.7. The summed E-state index contributed by atoms with van der Waals surface area (Å²) < 4.78 is 5.18. The summed E-state index contributed by atoms with van der Waals surface area (Å²) in [6, 6.07) is 9.72. The Balaban J connectivity index is 1.32. The number of esters is 1. The molecule has 1 unspecified atom stereocenters. The largest absolute Gasteiger partial charge is 0.455 e. The Morgan fingerprint density at radius 1 is 1.26 bits per heavy atom. The number of hydrogen-bond donors (Lipinski definition) is 1. The van der Waals surface area contributed by atoms with Crippen LogP contribution in [0.25, 0.3) is 0 Å². The van der Waals surface area contributed by atoms with Crippen LogP contribution in [0, 0.1) is 24.2 Å². The second kappa shape index (κ2) is 8.90. The number of nitrogens with one attached hydrogen (secondary N) is 1. The van der Waals surface area contributed by atoms with Gasteiger partial charge in [0.1, 0.15) is 11.1 Å². The topological polar surface area (TPSA) is 99.5 Å². The molecule has 1 aromatic carbocycles. The molecule has 1 aliphatic carbocycles. The van der Waals surface area contributed by atoms with Crippen molar-refractivity contribution < 1.29 is 19.1 Å². The zero-order valence-electron chi connectivity index (χ0n) is 17.3. The first-order valence-corrected chi connectivity index (χ1v) is 11.2. The lowest BCUT2D eigenvalue weighted by Crippen LogP contribution is -2.28. The molecule has 2 aliphatic rings. The Kier molecular flexibility index (Phi) is 6.05. The minimum absolute atomic E-state index is 0.0601. The Hall–Kier alpha value is -3.18. The SMILES string of the molecule is Cc1ccc(N2CC(C(=O)OCC(=O)Nc3sc4c(c3C#N)CCCC4)CC2=O)cc1. The second-order valence-corrected chi connectivity index (χ2v) is 9.03. The van der Waals surface area contributed by atoms with E-state index >= 15 is 0 Å². The lowest BCUT2D eigenvalue weighted by Gasteiger charge is -2.16. The van der Waals surface area contributed by atoms with E-state index in [0.29, 0.717) is 10.6 Å². The summed E-state index contributed by atoms with van der Waals surface area (Å²) in [5.74, 6) is -1.80. The van der Waals surface area contributed by atoms with Gasteiger partial charge in [0.2, 0.25) is 5.91 Å². The van der Waals surface area contributed by atoms with Gasteiger partial charge < -0.3 is 15.0 Å². The molecule has 0 radical (unpaired) electrons. The standard InChI is InChI=1S/C23H23N3O4S/c1-14-6-8-16(9-7-14)26-12-15(10-21(26)28)23(29)30-13-20(27)25-22-18(11-24)17-4-2-3-5-19(17)31-22/h6-9,15H,2-5,10,12-13H2,1H3,(H,25,27). The van der Waals surface area contributed by atoms with Gasteiger partial charge in [-0.1, -0.05) is 17.7 Å². The van der Waals surface area contributed by atoms with E-state index in [1.54, 1.807) is 4.90 Å². The van der Waals surface area contributed by atoms with Gasteiger partial charge in [-0.15, -0.1) is 11.3 Å². The molecule has 1 atom stereocenters. The molecule has 2 amide bonds. The quantitative estimate of drug-likeness (QED) is 0.723. The van der Waals surface area contributed by atoms with Crippen molar-refractivity contribution in [2.75, 3.05) is 23.4 Å². The smallest absolute Gasteiger partial charge is 0.311 e. The maximum Gasteiger partial charge on any atom is 0.311 e. The number of amides is 2. The maximum absolute atomic E-state index is 12.4. The summed E-state index contributed by atoms with van der Waals surface area (Å²) in [5.41, 5.74) is 3.39. The van der Waals surface area contributed by atoms with E-state index in [0.717, 1.165) is 47.4 Å². The number of anilines is 2. The molecule has 1 N–H and O–H groups in total. The van der Waals surface area contributed by atoms with Crippen LogP contribution in [-0.2, 0) is 32.0 Å². The van der Waals surface area contributed by atoms with E-state index in [9.17, 15) is 19.6 Å². The summed E-state index contributed by atoms with van der Waals surface area (Å²) in [6.45, 7) is 1.76. The van der Waals surface area contributed by atoms with Crippen molar-refractivity contribution in [1.82, 2.24) is 0 Å². The molecule has 1 aliphatic heterocycles. The molecule has 0 saturated carbocycles. The van der Waals surface area contributed by atoms with Crippen LogP contribution in [0.4, 0.5) is 10.7 Å². The molecular formula is C23H23N3O4S. The number of fused-ring (bicyclic) bond motifs is 1. The van der Waals surface area contributed by atoms with Crippen LogP contribution >= 0.6 is 11.3 Å². The molecule has 160 valence electrons. The van der Waals surface area contributed by atoms with E-state index in [4.69, 9.17) is 4.74 Å². The predicted molar refractivity (Wildman–Crippen MR) is 117 cm³/mol. The monoisotopic (exact) mass is 437 g/mol. The van der Waals surface area contributed by atoms with E-state index in [2.05, 4.69) is 11.4 Å². The lowest BCUT2D eigenvalue weighted by atomic mass is 9.96. The van der Waals surface area contributed by atoms with Crippen LogP contribution in [0.5, 0.6) is 0 Å². The maximum atomic E-state index is 12.4. The second-order valence-electron chi connectivity index (χ2n) is 7.92. The van der Waals surface area contributed by atoms with Crippen LogP contribution in [0.1, 0.15) is 40.8 Å². The highest BCUT2D eigenvalue weighted by atomic mass is 32.1. The number of carbonyl (C=O) groups excluding carboxylic acids is 3. The fraction of sp³-hybridized carbons (Fsp3) is 0.391. The Morgan fingerprint density at radius 2 is 2.00 bits per heavy atom. The number of nitriles is 1. The van der Waals surface area contributed by atoms with Gasteiger partial charge in [0, 0.05) is 23.5 Å². The van der Waals surface area contributed by atoms with Gasteiger partial charge in [-0.3, -0.25) is 14.4 Å². The van der Waals surface area contributed by atoms with Gasteiger partial charge in [0.05, 0.1) is 11.5 Å². The van der Waals surface area contributed by atoms with Crippen molar-refractivity contribution in [2.24, 2.45) is 5.92 Å². The van der Waals surface area contributed by atoms with Gasteiger partial charge in [-0.25, -0.2) is 0 Å². The summed E-state index contributed by atoms with van der Waals surface area (Å²) in [6.07, 6.45) is 3.97. The number of rotatable bonds is 5. The minimum Gasteiger partial charge on any atom is -0.455 e. The zero-order valence-corrected chi connectivity index (χ0v) is 18.1. The molecule has 2 aromatic rings. The first kappa shape index (κ1) is 21.1. The van der Waals surface area contributed by atoms with Gasteiger partial charge in [0.15, 0.2) is 6.61 Å². The number of ether oxygens (including phenoxy) is 1. The number of carbonyl (C=O) groups is 3. The highest BCUT2D eigenvalue weighted by Crippen LogP contribution is 2.37. The summed E-state index contributed by atoms with van der Waals surface area (Å²) in [7, 11) is 0. The summed E-state index contributed by atoms with van der Waals surface area (Å²) >= 11 is 1.43. The summed E-state index contributed by atoms with van der Waals surface area (Å²) in [4.78, 5) is 39.8. The third-order valence-corrected chi connectivity index (χ3v) is 6.89. The molecule has 8 heteroatoms. The predicted octanol–water partition coefficient (Wildman–Crippen LogP) is 3.34. The average Bonchev–Trinajstić information content (AvgIpc) is 3.32. The molecule has 4 rings (SSSR count). The van der Waals surface area contributed by atoms with Crippen LogP contribution in [0.15, 0.2) is 24.3 Å². The van der Waals surface area contributed by atoms with Crippen molar-refractivity contribution in [3.05, 3.63) is 45.8 Å². The van der Waals surface area contributed by atoms with Crippen molar-refractivity contribution in [3.8, 4) is 6.07 Å². The lowest BCUT2D eigenvalue weighted by molar-refractivity contribution is -0.151. The fourth-order valence-corrected chi connectivity index (χ4v) is 5.29. The highest BCUT2D eigenvalue weighted by Gasteiger charge is 2.36. The molecule has 7 nitrogen and oxygen atoms in total. The van der Waals surface area contributed by atoms with Crippen molar-refractivity contribution in [3.63, 3.8) is 0 Å². The van der Waals surface area contributed by atoms with Crippen LogP contribution < -0.4 is 10.2 Å². The number of aryl methyl sites for hydroxylation is 2. The minimum atomic E-state index is -0.606. The van der Waals surface area contributed by atoms with Crippen LogP contribution in [0.3, 0.4) is 0 Å². The molecular weight excluding hydrogens is 414 g/mol. The number of hydrogen-bond acceptors (Lipinski definition) is 6. The van der Waals surface area contributed by atoms with E-state index in [1.165, 1.54) is 11.3 Å². The molecule has 1 fully saturated rings. The molecule has 1 saturated heterocycles. The van der Waals surface area contributed by atoms with Crippen molar-refractivity contribution >= 4 is 39.8 Å². The van der Waals surface area contributed by atoms with Gasteiger partial charge in [-0.05, 0) is 50.3 Å². The van der Waals surface area contributed by atoms with Gasteiger partial charge >= 0.3 is 5.97 Å². The Morgan fingerprint density at radius 3 is 2.74 bits per heavy atom. The number of nitrogens with zero attached hydrogens (tertiary/aromatic N) is 2. The third kappa shape index (κ3) is 4.47. The Labute approximate surface area is 184 Å². The number of benzene rings is 1. The molecule has 0 spiro atoms. The van der Waals surface area contributed by atoms with Crippen LogP contribution in [0.2, 0.25) is 0 Å². The third-order valence-electron chi connectivity index (χ3n) is 5.69. The average molecular weight is 438 g/mol. The van der Waals surface area contributed by atoms with Gasteiger partial charge in [0.25, 0.3) is 5.91 Å². The first-order valence-electron chi connectivity index (χ1n) is 10.3. The molecule has 31 heavy (non-hydrogen) atoms. The Bertz CT molecular complexity index is 1070. The van der Waals surface area contributed by atoms with Crippen molar-refractivity contribution in [1.29, 1.82) is 5.26 Å². The zero-order chi connectivity index (χ0) is 22.0. The van der Waals surface area contributed by atoms with E-state index in [1.807, 2.05) is 31.2 Å². The molecule has 2 heterocycles. The van der Waals surface area contributed by atoms with E-state index in [-0.39, 0.29) is 18.9 Å². The number of thiophene rings is 1. The van der Waals surface area contributed by atoms with Crippen LogP contribution in [-0.4, -0.2) is 30.9 Å². The van der Waals surface area contributed by atoms with E-state index < -0.39 is 24.4 Å². The first-order chi connectivity index (χ1) is 15.0. The highest BCUT2D eigenvalue weighted by molar-refractivity contribution is 7.16. The van der Waals surface area contributed by atoms with Crippen molar-refractivity contribution in [2.45, 2.75) is 39.0 Å². The normalized spacial score (nSPS) is 17.7. The fourth-order valence-electron chi connectivity index (χ4n) is 4.03. The van der Waals surface area contributed by atoms with Gasteiger partial charge in [-0.2, -0.15) is 5.26 Å². The molecule has 1 aromatic heterocycles. The molecule has 0 bridgehead atoms.